The maximum absolute atomic E-state index is 12.3. The SMILES string of the molecule is CCC(CC)NC(=O)C(C)N1CCCCC1C(C)N. The molecule has 0 aliphatic carbocycles. The number of rotatable bonds is 6. The summed E-state index contributed by atoms with van der Waals surface area (Å²) in [5.74, 6) is 0.154. The van der Waals surface area contributed by atoms with Crippen molar-refractivity contribution < 1.29 is 4.79 Å². The first-order valence-electron chi connectivity index (χ1n) is 7.82. The van der Waals surface area contributed by atoms with E-state index in [1.807, 2.05) is 6.92 Å². The minimum atomic E-state index is -0.0723. The second-order valence-electron chi connectivity index (χ2n) is 5.86. The van der Waals surface area contributed by atoms with Gasteiger partial charge in [0.1, 0.15) is 0 Å². The molecule has 19 heavy (non-hydrogen) atoms. The van der Waals surface area contributed by atoms with E-state index in [4.69, 9.17) is 5.73 Å². The monoisotopic (exact) mass is 269 g/mol. The Labute approximate surface area is 118 Å². The zero-order chi connectivity index (χ0) is 14.4. The molecule has 0 aromatic carbocycles. The molecular formula is C15H31N3O. The van der Waals surface area contributed by atoms with E-state index in [1.54, 1.807) is 0 Å². The number of nitrogens with zero attached hydrogens (tertiary/aromatic N) is 1. The second-order valence-corrected chi connectivity index (χ2v) is 5.86. The van der Waals surface area contributed by atoms with Crippen molar-refractivity contribution in [2.45, 2.75) is 84.0 Å². The summed E-state index contributed by atoms with van der Waals surface area (Å²) in [7, 11) is 0. The summed E-state index contributed by atoms with van der Waals surface area (Å²) >= 11 is 0. The van der Waals surface area contributed by atoms with Crippen LogP contribution in [0.4, 0.5) is 0 Å². The molecule has 3 unspecified atom stereocenters. The van der Waals surface area contributed by atoms with Crippen molar-refractivity contribution in [2.75, 3.05) is 6.54 Å². The van der Waals surface area contributed by atoms with Gasteiger partial charge in [-0.2, -0.15) is 0 Å². The molecule has 4 heteroatoms. The predicted molar refractivity (Wildman–Crippen MR) is 80.0 cm³/mol. The molecule has 0 radical (unpaired) electrons. The van der Waals surface area contributed by atoms with Crippen LogP contribution in [-0.2, 0) is 4.79 Å². The molecule has 0 saturated carbocycles. The molecule has 3 atom stereocenters. The Kier molecular flexibility index (Phi) is 6.80. The quantitative estimate of drug-likeness (QED) is 0.774. The fraction of sp³-hybridized carbons (Fsp3) is 0.933. The maximum atomic E-state index is 12.3. The molecule has 0 aromatic rings. The lowest BCUT2D eigenvalue weighted by Crippen LogP contribution is -2.57. The van der Waals surface area contributed by atoms with Gasteiger partial charge in [0.2, 0.25) is 5.91 Å². The van der Waals surface area contributed by atoms with E-state index in [0.29, 0.717) is 12.1 Å². The highest BCUT2D eigenvalue weighted by molar-refractivity contribution is 5.81. The van der Waals surface area contributed by atoms with Gasteiger partial charge in [0.25, 0.3) is 0 Å². The maximum Gasteiger partial charge on any atom is 0.237 e. The first-order chi connectivity index (χ1) is 9.01. The summed E-state index contributed by atoms with van der Waals surface area (Å²) in [4.78, 5) is 14.6. The average Bonchev–Trinajstić information content (AvgIpc) is 2.43. The zero-order valence-electron chi connectivity index (χ0n) is 13.0. The van der Waals surface area contributed by atoms with Crippen LogP contribution >= 0.6 is 0 Å². The van der Waals surface area contributed by atoms with E-state index < -0.39 is 0 Å². The molecule has 1 amide bonds. The van der Waals surface area contributed by atoms with Gasteiger partial charge in [-0.3, -0.25) is 9.69 Å². The molecule has 0 spiro atoms. The number of hydrogen-bond donors (Lipinski definition) is 2. The smallest absolute Gasteiger partial charge is 0.237 e. The third kappa shape index (κ3) is 4.46. The molecule has 112 valence electrons. The summed E-state index contributed by atoms with van der Waals surface area (Å²) in [6.45, 7) is 9.28. The minimum absolute atomic E-state index is 0.0723. The van der Waals surface area contributed by atoms with Gasteiger partial charge in [0, 0.05) is 18.1 Å². The topological polar surface area (TPSA) is 58.4 Å². The Bertz CT molecular complexity index is 277. The van der Waals surface area contributed by atoms with Crippen molar-refractivity contribution >= 4 is 5.91 Å². The van der Waals surface area contributed by atoms with Crippen molar-refractivity contribution in [2.24, 2.45) is 5.73 Å². The Hall–Kier alpha value is -0.610. The number of nitrogens with one attached hydrogen (secondary N) is 1. The number of carbonyl (C=O) groups excluding carboxylic acids is 1. The van der Waals surface area contributed by atoms with E-state index in [0.717, 1.165) is 25.8 Å². The number of likely N-dealkylation sites (tertiary alicyclic amines) is 1. The molecule has 1 aliphatic heterocycles. The third-order valence-corrected chi connectivity index (χ3v) is 4.41. The minimum Gasteiger partial charge on any atom is -0.352 e. The molecule has 0 aromatic heterocycles. The van der Waals surface area contributed by atoms with Crippen molar-refractivity contribution in [3.63, 3.8) is 0 Å². The fourth-order valence-corrected chi connectivity index (χ4v) is 2.99. The average molecular weight is 269 g/mol. The number of carbonyl (C=O) groups is 1. The van der Waals surface area contributed by atoms with Crippen LogP contribution in [0.1, 0.15) is 59.8 Å². The number of amides is 1. The van der Waals surface area contributed by atoms with Gasteiger partial charge >= 0.3 is 0 Å². The van der Waals surface area contributed by atoms with E-state index in [2.05, 4.69) is 31.0 Å². The summed E-state index contributed by atoms with van der Waals surface area (Å²) in [6.07, 6.45) is 5.49. The van der Waals surface area contributed by atoms with E-state index in [-0.39, 0.29) is 18.0 Å². The van der Waals surface area contributed by atoms with Crippen LogP contribution in [0.2, 0.25) is 0 Å². The van der Waals surface area contributed by atoms with Crippen molar-refractivity contribution in [3.8, 4) is 0 Å². The lowest BCUT2D eigenvalue weighted by molar-refractivity contribution is -0.128. The molecule has 1 heterocycles. The zero-order valence-corrected chi connectivity index (χ0v) is 13.0. The van der Waals surface area contributed by atoms with Gasteiger partial charge in [-0.05, 0) is 46.1 Å². The number of hydrogen-bond acceptors (Lipinski definition) is 3. The van der Waals surface area contributed by atoms with E-state index >= 15 is 0 Å². The second kappa shape index (κ2) is 7.85. The van der Waals surface area contributed by atoms with Gasteiger partial charge in [-0.1, -0.05) is 20.3 Å². The van der Waals surface area contributed by atoms with Crippen LogP contribution < -0.4 is 11.1 Å². The Balaban J connectivity index is 2.63. The van der Waals surface area contributed by atoms with Crippen LogP contribution in [-0.4, -0.2) is 41.5 Å². The van der Waals surface area contributed by atoms with Gasteiger partial charge in [-0.25, -0.2) is 0 Å². The molecule has 1 fully saturated rings. The normalized spacial score (nSPS) is 24.2. The molecule has 1 aliphatic rings. The lowest BCUT2D eigenvalue weighted by Gasteiger charge is -2.41. The van der Waals surface area contributed by atoms with Crippen molar-refractivity contribution in [1.82, 2.24) is 10.2 Å². The predicted octanol–water partition coefficient (Wildman–Crippen LogP) is 1.88. The van der Waals surface area contributed by atoms with Crippen LogP contribution in [0.25, 0.3) is 0 Å². The Morgan fingerprint density at radius 2 is 1.95 bits per heavy atom. The molecule has 1 saturated heterocycles. The van der Waals surface area contributed by atoms with Gasteiger partial charge < -0.3 is 11.1 Å². The van der Waals surface area contributed by atoms with Crippen LogP contribution in [0, 0.1) is 0 Å². The van der Waals surface area contributed by atoms with Gasteiger partial charge in [-0.15, -0.1) is 0 Å². The molecule has 3 N–H and O–H groups in total. The van der Waals surface area contributed by atoms with E-state index in [9.17, 15) is 4.79 Å². The standard InChI is InChI=1S/C15H31N3O/c1-5-13(6-2)17-15(19)12(4)18-10-8-7-9-14(18)11(3)16/h11-14H,5-10,16H2,1-4H3,(H,17,19). The molecule has 4 nitrogen and oxygen atoms in total. The van der Waals surface area contributed by atoms with Crippen molar-refractivity contribution in [1.29, 1.82) is 0 Å². The molecular weight excluding hydrogens is 238 g/mol. The number of piperidine rings is 1. The fourth-order valence-electron chi connectivity index (χ4n) is 2.99. The number of nitrogens with two attached hydrogens (primary N) is 1. The third-order valence-electron chi connectivity index (χ3n) is 4.41. The van der Waals surface area contributed by atoms with Crippen LogP contribution in [0.5, 0.6) is 0 Å². The first-order valence-corrected chi connectivity index (χ1v) is 7.82. The lowest BCUT2D eigenvalue weighted by atomic mass is 9.95. The van der Waals surface area contributed by atoms with Crippen LogP contribution in [0.3, 0.4) is 0 Å². The highest BCUT2D eigenvalue weighted by Gasteiger charge is 2.32. The summed E-state index contributed by atoms with van der Waals surface area (Å²) in [6, 6.07) is 0.699. The summed E-state index contributed by atoms with van der Waals surface area (Å²) in [5.41, 5.74) is 6.08. The molecule has 0 bridgehead atoms. The summed E-state index contributed by atoms with van der Waals surface area (Å²) < 4.78 is 0. The highest BCUT2D eigenvalue weighted by atomic mass is 16.2. The highest BCUT2D eigenvalue weighted by Crippen LogP contribution is 2.21. The van der Waals surface area contributed by atoms with Crippen molar-refractivity contribution in [3.05, 3.63) is 0 Å². The Morgan fingerprint density at radius 1 is 1.32 bits per heavy atom. The summed E-state index contributed by atoms with van der Waals surface area (Å²) in [5, 5.41) is 3.15. The Morgan fingerprint density at radius 3 is 2.47 bits per heavy atom. The largest absolute Gasteiger partial charge is 0.352 e. The molecule has 1 rings (SSSR count). The van der Waals surface area contributed by atoms with Gasteiger partial charge in [0.15, 0.2) is 0 Å². The first kappa shape index (κ1) is 16.4. The van der Waals surface area contributed by atoms with E-state index in [1.165, 1.54) is 12.8 Å². The van der Waals surface area contributed by atoms with Crippen LogP contribution in [0.15, 0.2) is 0 Å². The van der Waals surface area contributed by atoms with Gasteiger partial charge in [0.05, 0.1) is 6.04 Å².